The molecule has 4 nitrogen and oxygen atoms in total. The van der Waals surface area contributed by atoms with Gasteiger partial charge >= 0.3 is 0 Å². The zero-order valence-electron chi connectivity index (χ0n) is 11.7. The summed E-state index contributed by atoms with van der Waals surface area (Å²) < 4.78 is 1.82. The van der Waals surface area contributed by atoms with Gasteiger partial charge in [0.1, 0.15) is 12.4 Å². The molecule has 0 saturated carbocycles. The molecule has 6 heteroatoms. The number of aromatic nitrogens is 2. The highest BCUT2D eigenvalue weighted by atomic mass is 35.5. The molecule has 1 N–H and O–H groups in total. The summed E-state index contributed by atoms with van der Waals surface area (Å²) in [5, 5.41) is 3.19. The summed E-state index contributed by atoms with van der Waals surface area (Å²) in [6, 6.07) is 5.50. The third-order valence-corrected chi connectivity index (χ3v) is 3.28. The standard InChI is InChI=1S/C14H17Cl2N3O/c1-8(2)17-13(20)7-19-12-6-10(16)4-5-11(12)18-14(19)9(3)15/h4-6,8-9H,7H2,1-3H3,(H,17,20). The fraction of sp³-hybridized carbons (Fsp3) is 0.429. The number of alkyl halides is 1. The van der Waals surface area contributed by atoms with Crippen molar-refractivity contribution in [2.45, 2.75) is 38.7 Å². The average Bonchev–Trinajstić information content (AvgIpc) is 2.67. The Balaban J connectivity index is 2.45. The summed E-state index contributed by atoms with van der Waals surface area (Å²) in [6.07, 6.45) is 0. The fourth-order valence-corrected chi connectivity index (χ4v) is 2.43. The maximum absolute atomic E-state index is 12.0. The second-order valence-electron chi connectivity index (χ2n) is 5.03. The zero-order valence-corrected chi connectivity index (χ0v) is 13.2. The first-order valence-corrected chi connectivity index (χ1v) is 7.29. The van der Waals surface area contributed by atoms with Crippen molar-refractivity contribution < 1.29 is 4.79 Å². The number of nitrogens with one attached hydrogen (secondary N) is 1. The molecule has 1 aromatic carbocycles. The van der Waals surface area contributed by atoms with Crippen molar-refractivity contribution >= 4 is 40.1 Å². The van der Waals surface area contributed by atoms with Gasteiger partial charge in [0.2, 0.25) is 5.91 Å². The van der Waals surface area contributed by atoms with E-state index >= 15 is 0 Å². The van der Waals surface area contributed by atoms with Crippen LogP contribution in [0.15, 0.2) is 18.2 Å². The second-order valence-corrected chi connectivity index (χ2v) is 6.12. The quantitative estimate of drug-likeness (QED) is 0.878. The van der Waals surface area contributed by atoms with Gasteiger partial charge in [0.15, 0.2) is 0 Å². The van der Waals surface area contributed by atoms with E-state index < -0.39 is 0 Å². The van der Waals surface area contributed by atoms with Crippen LogP contribution < -0.4 is 5.32 Å². The summed E-state index contributed by atoms with van der Waals surface area (Å²) in [5.74, 6) is 0.598. The molecular formula is C14H17Cl2N3O. The average molecular weight is 314 g/mol. The van der Waals surface area contributed by atoms with E-state index in [-0.39, 0.29) is 23.9 Å². The molecule has 2 aromatic rings. The van der Waals surface area contributed by atoms with Gasteiger partial charge in [-0.3, -0.25) is 4.79 Å². The molecule has 1 atom stereocenters. The van der Waals surface area contributed by atoms with Crippen LogP contribution in [0.25, 0.3) is 11.0 Å². The molecular weight excluding hydrogens is 297 g/mol. The van der Waals surface area contributed by atoms with Gasteiger partial charge in [0.25, 0.3) is 0 Å². The van der Waals surface area contributed by atoms with Gasteiger partial charge < -0.3 is 9.88 Å². The third-order valence-electron chi connectivity index (χ3n) is 2.85. The van der Waals surface area contributed by atoms with Crippen LogP contribution in [0.2, 0.25) is 5.02 Å². The largest absolute Gasteiger partial charge is 0.352 e. The summed E-state index contributed by atoms with van der Waals surface area (Å²) in [6.45, 7) is 5.86. The summed E-state index contributed by atoms with van der Waals surface area (Å²) in [5.41, 5.74) is 1.60. The topological polar surface area (TPSA) is 46.9 Å². The number of halogens is 2. The first-order chi connectivity index (χ1) is 9.38. The van der Waals surface area contributed by atoms with E-state index in [2.05, 4.69) is 10.3 Å². The molecule has 0 aliphatic heterocycles. The number of imidazole rings is 1. The number of carbonyl (C=O) groups is 1. The van der Waals surface area contributed by atoms with Gasteiger partial charge in [-0.25, -0.2) is 4.98 Å². The van der Waals surface area contributed by atoms with E-state index in [9.17, 15) is 4.79 Å². The third kappa shape index (κ3) is 3.25. The molecule has 1 unspecified atom stereocenters. The van der Waals surface area contributed by atoms with Crippen molar-refractivity contribution in [3.63, 3.8) is 0 Å². The van der Waals surface area contributed by atoms with Crippen molar-refractivity contribution in [3.05, 3.63) is 29.0 Å². The molecule has 2 rings (SSSR count). The van der Waals surface area contributed by atoms with Crippen molar-refractivity contribution in [3.8, 4) is 0 Å². The SMILES string of the molecule is CC(C)NC(=O)Cn1c(C(C)Cl)nc2ccc(Cl)cc21. The van der Waals surface area contributed by atoms with E-state index in [0.29, 0.717) is 10.8 Å². The number of amides is 1. The van der Waals surface area contributed by atoms with Gasteiger partial charge in [-0.1, -0.05) is 11.6 Å². The van der Waals surface area contributed by atoms with Crippen LogP contribution in [0.5, 0.6) is 0 Å². The maximum Gasteiger partial charge on any atom is 0.240 e. The zero-order chi connectivity index (χ0) is 14.9. The monoisotopic (exact) mass is 313 g/mol. The molecule has 108 valence electrons. The van der Waals surface area contributed by atoms with Gasteiger partial charge in [0, 0.05) is 11.1 Å². The lowest BCUT2D eigenvalue weighted by Gasteiger charge is -2.12. The first-order valence-electron chi connectivity index (χ1n) is 6.47. The summed E-state index contributed by atoms with van der Waals surface area (Å²) in [7, 11) is 0. The molecule has 0 bridgehead atoms. The highest BCUT2D eigenvalue weighted by molar-refractivity contribution is 6.31. The van der Waals surface area contributed by atoms with Crippen molar-refractivity contribution in [1.29, 1.82) is 0 Å². The van der Waals surface area contributed by atoms with Gasteiger partial charge in [-0.15, -0.1) is 11.6 Å². The van der Waals surface area contributed by atoms with Crippen LogP contribution in [0.4, 0.5) is 0 Å². The predicted molar refractivity (Wildman–Crippen MR) is 82.3 cm³/mol. The molecule has 0 radical (unpaired) electrons. The normalized spacial score (nSPS) is 12.9. The Hall–Kier alpha value is -1.26. The summed E-state index contributed by atoms with van der Waals surface area (Å²) in [4.78, 5) is 16.5. The van der Waals surface area contributed by atoms with Crippen LogP contribution in [-0.4, -0.2) is 21.5 Å². The van der Waals surface area contributed by atoms with E-state index in [0.717, 1.165) is 11.0 Å². The van der Waals surface area contributed by atoms with Crippen LogP contribution in [0.1, 0.15) is 32.0 Å². The Kier molecular flexibility index (Phi) is 4.55. The van der Waals surface area contributed by atoms with Gasteiger partial charge in [-0.05, 0) is 39.0 Å². The minimum atomic E-state index is -0.284. The number of nitrogens with zero attached hydrogens (tertiary/aromatic N) is 2. The molecule has 0 aliphatic rings. The number of hydrogen-bond donors (Lipinski definition) is 1. The minimum absolute atomic E-state index is 0.0714. The second kappa shape index (κ2) is 6.02. The van der Waals surface area contributed by atoms with Crippen molar-refractivity contribution in [2.24, 2.45) is 0 Å². The van der Waals surface area contributed by atoms with E-state index in [4.69, 9.17) is 23.2 Å². The Morgan fingerprint density at radius 3 is 2.70 bits per heavy atom. The Bertz CT molecular complexity index is 635. The summed E-state index contributed by atoms with van der Waals surface area (Å²) >= 11 is 12.2. The Labute approximate surface area is 128 Å². The fourth-order valence-electron chi connectivity index (χ4n) is 2.10. The highest BCUT2D eigenvalue weighted by Crippen LogP contribution is 2.26. The maximum atomic E-state index is 12.0. The lowest BCUT2D eigenvalue weighted by molar-refractivity contribution is -0.122. The Morgan fingerprint density at radius 1 is 1.40 bits per heavy atom. The molecule has 20 heavy (non-hydrogen) atoms. The molecule has 0 saturated heterocycles. The highest BCUT2D eigenvalue weighted by Gasteiger charge is 2.17. The number of fused-ring (bicyclic) bond motifs is 1. The predicted octanol–water partition coefficient (Wildman–Crippen LogP) is 3.51. The Morgan fingerprint density at radius 2 is 2.10 bits per heavy atom. The number of hydrogen-bond acceptors (Lipinski definition) is 2. The lowest BCUT2D eigenvalue weighted by Crippen LogP contribution is -2.33. The van der Waals surface area contributed by atoms with Gasteiger partial charge in [0.05, 0.1) is 16.4 Å². The van der Waals surface area contributed by atoms with E-state index in [1.165, 1.54) is 0 Å². The van der Waals surface area contributed by atoms with Crippen LogP contribution in [0.3, 0.4) is 0 Å². The molecule has 1 aromatic heterocycles. The number of rotatable bonds is 4. The van der Waals surface area contributed by atoms with Crippen molar-refractivity contribution in [1.82, 2.24) is 14.9 Å². The van der Waals surface area contributed by atoms with Crippen molar-refractivity contribution in [2.75, 3.05) is 0 Å². The van der Waals surface area contributed by atoms with Crippen LogP contribution in [-0.2, 0) is 11.3 Å². The smallest absolute Gasteiger partial charge is 0.240 e. The number of carbonyl (C=O) groups excluding carboxylic acids is 1. The molecule has 0 fully saturated rings. The number of benzene rings is 1. The molecule has 0 spiro atoms. The van der Waals surface area contributed by atoms with Gasteiger partial charge in [-0.2, -0.15) is 0 Å². The van der Waals surface area contributed by atoms with Crippen LogP contribution in [0, 0.1) is 0 Å². The lowest BCUT2D eigenvalue weighted by atomic mass is 10.3. The van der Waals surface area contributed by atoms with E-state index in [1.54, 1.807) is 12.1 Å². The minimum Gasteiger partial charge on any atom is -0.352 e. The molecule has 1 amide bonds. The van der Waals surface area contributed by atoms with E-state index in [1.807, 2.05) is 31.4 Å². The van der Waals surface area contributed by atoms with Crippen LogP contribution >= 0.6 is 23.2 Å². The first kappa shape index (κ1) is 15.1. The molecule has 0 aliphatic carbocycles. The molecule has 1 heterocycles.